The van der Waals surface area contributed by atoms with Gasteiger partial charge in [0.2, 0.25) is 5.95 Å². The molecule has 170 valence electrons. The van der Waals surface area contributed by atoms with Gasteiger partial charge in [0.15, 0.2) is 11.5 Å². The lowest BCUT2D eigenvalue weighted by molar-refractivity contribution is 0.0751. The summed E-state index contributed by atoms with van der Waals surface area (Å²) in [6, 6.07) is 17.6. The van der Waals surface area contributed by atoms with Crippen LogP contribution in [0.3, 0.4) is 0 Å². The summed E-state index contributed by atoms with van der Waals surface area (Å²) in [6.45, 7) is 4.64. The second kappa shape index (κ2) is 8.38. The maximum absolute atomic E-state index is 12.8. The first-order chi connectivity index (χ1) is 16.6. The second-order valence-corrected chi connectivity index (χ2v) is 9.71. The zero-order chi connectivity index (χ0) is 23.2. The summed E-state index contributed by atoms with van der Waals surface area (Å²) >= 11 is 7.77. The predicted octanol–water partition coefficient (Wildman–Crippen LogP) is 4.93. The van der Waals surface area contributed by atoms with E-state index in [9.17, 15) is 4.79 Å². The molecule has 0 bridgehead atoms. The lowest BCUT2D eigenvalue weighted by atomic mass is 10.1. The van der Waals surface area contributed by atoms with Crippen molar-refractivity contribution in [2.45, 2.75) is 6.92 Å². The molecule has 0 aliphatic carbocycles. The number of aromatic nitrogens is 4. The van der Waals surface area contributed by atoms with Gasteiger partial charge in [-0.1, -0.05) is 41.9 Å². The van der Waals surface area contributed by atoms with E-state index in [2.05, 4.69) is 34.2 Å². The zero-order valence-electron chi connectivity index (χ0n) is 18.5. The Morgan fingerprint density at radius 1 is 1.00 bits per heavy atom. The standard InChI is InChI=1S/C25H21ClN6OS/c1-16-5-2-3-6-18(16)22-28-29-23-19-9-8-17(26)15-20(19)27-25(32(22)23)31-12-10-30(11-13-31)24(33)21-7-4-14-34-21/h2-9,14-15H,10-13H2,1H3. The second-order valence-electron chi connectivity index (χ2n) is 8.33. The van der Waals surface area contributed by atoms with Gasteiger partial charge in [-0.3, -0.25) is 4.79 Å². The molecule has 1 amide bonds. The van der Waals surface area contributed by atoms with Crippen LogP contribution in [-0.2, 0) is 0 Å². The van der Waals surface area contributed by atoms with Crippen molar-refractivity contribution in [2.24, 2.45) is 0 Å². The van der Waals surface area contributed by atoms with Crippen LogP contribution in [0.15, 0.2) is 60.0 Å². The third-order valence-electron chi connectivity index (χ3n) is 6.25. The number of rotatable bonds is 3. The van der Waals surface area contributed by atoms with Crippen molar-refractivity contribution in [1.82, 2.24) is 24.5 Å². The van der Waals surface area contributed by atoms with E-state index < -0.39 is 0 Å². The fourth-order valence-corrected chi connectivity index (χ4v) is 5.33. The number of benzene rings is 2. The van der Waals surface area contributed by atoms with Crippen molar-refractivity contribution in [3.63, 3.8) is 0 Å². The molecule has 4 heterocycles. The van der Waals surface area contributed by atoms with E-state index in [0.717, 1.165) is 44.3 Å². The van der Waals surface area contributed by atoms with Crippen LogP contribution in [0.5, 0.6) is 0 Å². The van der Waals surface area contributed by atoms with Crippen LogP contribution >= 0.6 is 22.9 Å². The lowest BCUT2D eigenvalue weighted by Gasteiger charge is -2.35. The molecule has 1 aliphatic rings. The van der Waals surface area contributed by atoms with E-state index in [0.29, 0.717) is 31.2 Å². The van der Waals surface area contributed by atoms with Gasteiger partial charge in [-0.25, -0.2) is 9.38 Å². The van der Waals surface area contributed by atoms with Crippen molar-refractivity contribution >= 4 is 51.3 Å². The maximum Gasteiger partial charge on any atom is 0.264 e. The largest absolute Gasteiger partial charge is 0.338 e. The Hall–Kier alpha value is -3.49. The van der Waals surface area contributed by atoms with Crippen LogP contribution in [0.2, 0.25) is 5.02 Å². The van der Waals surface area contributed by atoms with Crippen LogP contribution in [-0.4, -0.2) is 56.6 Å². The Bertz CT molecular complexity index is 1520. The highest BCUT2D eigenvalue weighted by Gasteiger charge is 2.27. The number of aryl methyl sites for hydroxylation is 1. The first-order valence-corrected chi connectivity index (χ1v) is 12.3. The molecule has 1 fully saturated rings. The molecule has 0 atom stereocenters. The Morgan fingerprint density at radius 3 is 2.59 bits per heavy atom. The van der Waals surface area contributed by atoms with Crippen LogP contribution in [0.25, 0.3) is 27.9 Å². The third kappa shape index (κ3) is 3.50. The number of piperazine rings is 1. The number of nitrogens with zero attached hydrogens (tertiary/aromatic N) is 6. The van der Waals surface area contributed by atoms with Gasteiger partial charge in [-0.05, 0) is 42.1 Å². The minimum absolute atomic E-state index is 0.0861. The average Bonchev–Trinajstić information content (AvgIpc) is 3.54. The van der Waals surface area contributed by atoms with Crippen molar-refractivity contribution < 1.29 is 4.79 Å². The van der Waals surface area contributed by atoms with Gasteiger partial charge in [0, 0.05) is 42.2 Å². The molecular weight excluding hydrogens is 468 g/mol. The number of halogens is 1. The average molecular weight is 489 g/mol. The van der Waals surface area contributed by atoms with E-state index in [1.54, 1.807) is 0 Å². The van der Waals surface area contributed by atoms with E-state index >= 15 is 0 Å². The monoisotopic (exact) mass is 488 g/mol. The number of anilines is 1. The fourth-order valence-electron chi connectivity index (χ4n) is 4.47. The lowest BCUT2D eigenvalue weighted by Crippen LogP contribution is -2.49. The fraction of sp³-hybridized carbons (Fsp3) is 0.200. The summed E-state index contributed by atoms with van der Waals surface area (Å²) in [6.07, 6.45) is 0. The van der Waals surface area contributed by atoms with Crippen LogP contribution in [0, 0.1) is 6.92 Å². The molecule has 34 heavy (non-hydrogen) atoms. The van der Waals surface area contributed by atoms with Gasteiger partial charge in [-0.15, -0.1) is 21.5 Å². The molecular formula is C25H21ClN6OS. The van der Waals surface area contributed by atoms with Gasteiger partial charge < -0.3 is 9.80 Å². The summed E-state index contributed by atoms with van der Waals surface area (Å²) in [5.74, 6) is 1.60. The normalized spacial score (nSPS) is 14.3. The summed E-state index contributed by atoms with van der Waals surface area (Å²) < 4.78 is 2.04. The van der Waals surface area contributed by atoms with Crippen molar-refractivity contribution in [1.29, 1.82) is 0 Å². The van der Waals surface area contributed by atoms with Crippen LogP contribution in [0.4, 0.5) is 5.95 Å². The summed E-state index contributed by atoms with van der Waals surface area (Å²) in [7, 11) is 0. The van der Waals surface area contributed by atoms with Gasteiger partial charge in [0.1, 0.15) is 0 Å². The number of carbonyl (C=O) groups is 1. The molecule has 0 unspecified atom stereocenters. The van der Waals surface area contributed by atoms with Crippen molar-refractivity contribution in [3.8, 4) is 11.4 Å². The number of hydrogen-bond donors (Lipinski definition) is 0. The molecule has 9 heteroatoms. The van der Waals surface area contributed by atoms with Crippen molar-refractivity contribution in [3.05, 3.63) is 75.4 Å². The summed E-state index contributed by atoms with van der Waals surface area (Å²) in [5, 5.41) is 12.6. The molecule has 6 rings (SSSR count). The number of thiophene rings is 1. The molecule has 0 saturated carbocycles. The van der Waals surface area contributed by atoms with Gasteiger partial charge in [0.05, 0.1) is 10.4 Å². The minimum atomic E-state index is 0.0861. The first kappa shape index (κ1) is 21.1. The van der Waals surface area contributed by atoms with Gasteiger partial charge in [-0.2, -0.15) is 0 Å². The zero-order valence-corrected chi connectivity index (χ0v) is 20.1. The molecule has 0 radical (unpaired) electrons. The number of carbonyl (C=O) groups excluding carboxylic acids is 1. The van der Waals surface area contributed by atoms with E-state index in [1.807, 2.05) is 57.1 Å². The predicted molar refractivity (Wildman–Crippen MR) is 136 cm³/mol. The molecule has 5 aromatic rings. The molecule has 7 nitrogen and oxygen atoms in total. The quantitative estimate of drug-likeness (QED) is 0.360. The van der Waals surface area contributed by atoms with E-state index in [1.165, 1.54) is 11.3 Å². The first-order valence-electron chi connectivity index (χ1n) is 11.1. The Labute approximate surface area is 205 Å². The molecule has 0 N–H and O–H groups in total. The van der Waals surface area contributed by atoms with E-state index in [4.69, 9.17) is 16.6 Å². The highest BCUT2D eigenvalue weighted by Crippen LogP contribution is 2.31. The van der Waals surface area contributed by atoms with Crippen LogP contribution in [0.1, 0.15) is 15.2 Å². The van der Waals surface area contributed by atoms with Crippen molar-refractivity contribution in [2.75, 3.05) is 31.1 Å². The Balaban J connectivity index is 1.45. The molecule has 3 aromatic heterocycles. The Kier molecular flexibility index (Phi) is 5.19. The number of fused-ring (bicyclic) bond motifs is 3. The smallest absolute Gasteiger partial charge is 0.264 e. The molecule has 0 spiro atoms. The minimum Gasteiger partial charge on any atom is -0.338 e. The van der Waals surface area contributed by atoms with Crippen LogP contribution < -0.4 is 4.90 Å². The highest BCUT2D eigenvalue weighted by atomic mass is 35.5. The van der Waals surface area contributed by atoms with Gasteiger partial charge >= 0.3 is 0 Å². The maximum atomic E-state index is 12.8. The third-order valence-corrected chi connectivity index (χ3v) is 7.34. The topological polar surface area (TPSA) is 66.6 Å². The summed E-state index contributed by atoms with van der Waals surface area (Å²) in [4.78, 5) is 22.7. The SMILES string of the molecule is Cc1ccccc1-c1nnc2c3ccc(Cl)cc3nc(N3CCN(C(=O)c4cccs4)CC3)n12. The van der Waals surface area contributed by atoms with Gasteiger partial charge in [0.25, 0.3) is 5.91 Å². The number of hydrogen-bond acceptors (Lipinski definition) is 6. The molecule has 1 saturated heterocycles. The highest BCUT2D eigenvalue weighted by molar-refractivity contribution is 7.12. The Morgan fingerprint density at radius 2 is 1.82 bits per heavy atom. The van der Waals surface area contributed by atoms with E-state index in [-0.39, 0.29) is 5.91 Å². The molecule has 1 aliphatic heterocycles. The molecule has 2 aromatic carbocycles. The summed E-state index contributed by atoms with van der Waals surface area (Å²) in [5.41, 5.74) is 3.64. The number of amides is 1.